The van der Waals surface area contributed by atoms with Crippen molar-refractivity contribution in [1.82, 2.24) is 10.6 Å². The minimum absolute atomic E-state index is 0.120. The van der Waals surface area contributed by atoms with Crippen LogP contribution in [0, 0.1) is 5.92 Å². The third kappa shape index (κ3) is 5.14. The van der Waals surface area contributed by atoms with Gasteiger partial charge in [0.15, 0.2) is 11.5 Å². The van der Waals surface area contributed by atoms with Crippen LogP contribution in [-0.4, -0.2) is 32.8 Å². The van der Waals surface area contributed by atoms with Crippen molar-refractivity contribution in [2.24, 2.45) is 5.92 Å². The van der Waals surface area contributed by atoms with Gasteiger partial charge in [-0.15, -0.1) is 0 Å². The molecule has 22 heavy (non-hydrogen) atoms. The van der Waals surface area contributed by atoms with Gasteiger partial charge >= 0.3 is 0 Å². The predicted molar refractivity (Wildman–Crippen MR) is 93.8 cm³/mol. The molecule has 124 valence electrons. The molecular formula is C17H27BrN2O2. The number of halogens is 1. The van der Waals surface area contributed by atoms with E-state index in [4.69, 9.17) is 9.47 Å². The van der Waals surface area contributed by atoms with E-state index in [9.17, 15) is 0 Å². The molecule has 5 heteroatoms. The summed E-state index contributed by atoms with van der Waals surface area (Å²) in [5.41, 5.74) is 1.20. The molecule has 2 rings (SSSR count). The minimum atomic E-state index is 0.120. The molecule has 2 N–H and O–H groups in total. The summed E-state index contributed by atoms with van der Waals surface area (Å²) >= 11 is 3.59. The van der Waals surface area contributed by atoms with Crippen LogP contribution in [0.15, 0.2) is 16.6 Å². The van der Waals surface area contributed by atoms with E-state index >= 15 is 0 Å². The number of rotatable bonds is 7. The fourth-order valence-electron chi connectivity index (χ4n) is 2.73. The molecule has 1 aliphatic heterocycles. The third-order valence-electron chi connectivity index (χ3n) is 3.86. The molecular weight excluding hydrogens is 344 g/mol. The second kappa shape index (κ2) is 8.75. The number of hydrogen-bond acceptors (Lipinski definition) is 4. The lowest BCUT2D eigenvalue weighted by atomic mass is 9.98. The van der Waals surface area contributed by atoms with Gasteiger partial charge in [-0.2, -0.15) is 0 Å². The summed E-state index contributed by atoms with van der Waals surface area (Å²) in [5, 5.41) is 6.97. The van der Waals surface area contributed by atoms with Crippen LogP contribution in [0.3, 0.4) is 0 Å². The first-order valence-corrected chi connectivity index (χ1v) is 8.84. The third-order valence-corrected chi connectivity index (χ3v) is 4.45. The molecule has 0 bridgehead atoms. The van der Waals surface area contributed by atoms with Gasteiger partial charge in [-0.25, -0.2) is 0 Å². The van der Waals surface area contributed by atoms with E-state index in [2.05, 4.69) is 38.7 Å². The highest BCUT2D eigenvalue weighted by Gasteiger charge is 2.14. The molecule has 1 heterocycles. The van der Waals surface area contributed by atoms with E-state index in [0.717, 1.165) is 48.1 Å². The highest BCUT2D eigenvalue weighted by atomic mass is 79.9. The lowest BCUT2D eigenvalue weighted by Crippen LogP contribution is -2.33. The van der Waals surface area contributed by atoms with E-state index in [1.54, 1.807) is 7.11 Å². The number of hydrogen-bond donors (Lipinski definition) is 2. The smallest absolute Gasteiger partial charge is 0.175 e. The molecule has 0 unspecified atom stereocenters. The van der Waals surface area contributed by atoms with Gasteiger partial charge < -0.3 is 20.1 Å². The van der Waals surface area contributed by atoms with E-state index in [-0.39, 0.29) is 6.10 Å². The topological polar surface area (TPSA) is 42.5 Å². The van der Waals surface area contributed by atoms with E-state index < -0.39 is 0 Å². The normalized spacial score (nSPS) is 16.0. The Hall–Kier alpha value is -0.780. The van der Waals surface area contributed by atoms with Gasteiger partial charge in [-0.3, -0.25) is 0 Å². The van der Waals surface area contributed by atoms with E-state index in [0.29, 0.717) is 0 Å². The SMILES string of the molecule is COc1cc(CNCC2CCNCC2)cc(Br)c1OC(C)C. The zero-order valence-electron chi connectivity index (χ0n) is 13.7. The molecule has 0 spiro atoms. The first-order chi connectivity index (χ1) is 10.6. The predicted octanol–water partition coefficient (Wildman–Crippen LogP) is 3.33. The summed E-state index contributed by atoms with van der Waals surface area (Å²) in [6.07, 6.45) is 2.65. The summed E-state index contributed by atoms with van der Waals surface area (Å²) in [6.45, 7) is 8.24. The number of methoxy groups -OCH3 is 1. The number of nitrogens with one attached hydrogen (secondary N) is 2. The van der Waals surface area contributed by atoms with Crippen LogP contribution in [0.5, 0.6) is 11.5 Å². The Morgan fingerprint density at radius 1 is 1.32 bits per heavy atom. The van der Waals surface area contributed by atoms with Gasteiger partial charge in [-0.1, -0.05) is 0 Å². The van der Waals surface area contributed by atoms with Gasteiger partial charge in [0.05, 0.1) is 17.7 Å². The van der Waals surface area contributed by atoms with Crippen LogP contribution in [0.4, 0.5) is 0 Å². The largest absolute Gasteiger partial charge is 0.493 e. The Morgan fingerprint density at radius 2 is 2.05 bits per heavy atom. The first kappa shape index (κ1) is 17.6. The average Bonchev–Trinajstić information content (AvgIpc) is 2.50. The zero-order chi connectivity index (χ0) is 15.9. The van der Waals surface area contributed by atoms with Crippen molar-refractivity contribution in [3.05, 3.63) is 22.2 Å². The van der Waals surface area contributed by atoms with Crippen LogP contribution in [-0.2, 0) is 6.54 Å². The zero-order valence-corrected chi connectivity index (χ0v) is 15.3. The summed E-state index contributed by atoms with van der Waals surface area (Å²) < 4.78 is 12.2. The standard InChI is InChI=1S/C17H27BrN2O2/c1-12(2)22-17-15(18)8-14(9-16(17)21-3)11-20-10-13-4-6-19-7-5-13/h8-9,12-13,19-20H,4-7,10-11H2,1-3H3. The molecule has 1 aliphatic rings. The molecule has 1 fully saturated rings. The van der Waals surface area contributed by atoms with E-state index in [1.807, 2.05) is 13.8 Å². The number of ether oxygens (including phenoxy) is 2. The molecule has 0 aliphatic carbocycles. The van der Waals surface area contributed by atoms with Crippen LogP contribution in [0.25, 0.3) is 0 Å². The van der Waals surface area contributed by atoms with Crippen molar-refractivity contribution in [2.75, 3.05) is 26.7 Å². The second-order valence-corrected chi connectivity index (χ2v) is 6.95. The van der Waals surface area contributed by atoms with E-state index in [1.165, 1.54) is 18.4 Å². The molecule has 1 aromatic rings. The lowest BCUT2D eigenvalue weighted by molar-refractivity contribution is 0.228. The maximum Gasteiger partial charge on any atom is 0.175 e. The van der Waals surface area contributed by atoms with Crippen LogP contribution in [0.1, 0.15) is 32.3 Å². The molecule has 0 saturated carbocycles. The summed E-state index contributed by atoms with van der Waals surface area (Å²) in [7, 11) is 1.68. The first-order valence-electron chi connectivity index (χ1n) is 8.04. The van der Waals surface area contributed by atoms with Crippen molar-refractivity contribution in [3.63, 3.8) is 0 Å². The second-order valence-electron chi connectivity index (χ2n) is 6.10. The molecule has 0 radical (unpaired) electrons. The van der Waals surface area contributed by atoms with Crippen molar-refractivity contribution in [3.8, 4) is 11.5 Å². The quantitative estimate of drug-likeness (QED) is 0.772. The molecule has 1 aromatic carbocycles. The summed E-state index contributed by atoms with van der Waals surface area (Å²) in [4.78, 5) is 0. The highest BCUT2D eigenvalue weighted by Crippen LogP contribution is 2.37. The van der Waals surface area contributed by atoms with Crippen molar-refractivity contribution < 1.29 is 9.47 Å². The minimum Gasteiger partial charge on any atom is -0.493 e. The maximum atomic E-state index is 5.82. The van der Waals surface area contributed by atoms with Gasteiger partial charge in [0.25, 0.3) is 0 Å². The Kier molecular flexibility index (Phi) is 6.99. The van der Waals surface area contributed by atoms with Crippen molar-refractivity contribution in [2.45, 2.75) is 39.3 Å². The maximum absolute atomic E-state index is 5.82. The van der Waals surface area contributed by atoms with Gasteiger partial charge in [-0.05, 0) is 85.9 Å². The van der Waals surface area contributed by atoms with Crippen LogP contribution < -0.4 is 20.1 Å². The molecule has 1 saturated heterocycles. The van der Waals surface area contributed by atoms with Crippen LogP contribution >= 0.6 is 15.9 Å². The number of benzene rings is 1. The molecule has 4 nitrogen and oxygen atoms in total. The van der Waals surface area contributed by atoms with Gasteiger partial charge in [0, 0.05) is 6.54 Å². The molecule has 0 amide bonds. The Balaban J connectivity index is 1.94. The fraction of sp³-hybridized carbons (Fsp3) is 0.647. The highest BCUT2D eigenvalue weighted by molar-refractivity contribution is 9.10. The average molecular weight is 371 g/mol. The fourth-order valence-corrected chi connectivity index (χ4v) is 3.31. The Morgan fingerprint density at radius 3 is 2.68 bits per heavy atom. The summed E-state index contributed by atoms with van der Waals surface area (Å²) in [6, 6.07) is 4.16. The van der Waals surface area contributed by atoms with Gasteiger partial charge in [0.1, 0.15) is 0 Å². The monoisotopic (exact) mass is 370 g/mol. The van der Waals surface area contributed by atoms with Crippen molar-refractivity contribution >= 4 is 15.9 Å². The van der Waals surface area contributed by atoms with Crippen molar-refractivity contribution in [1.29, 1.82) is 0 Å². The van der Waals surface area contributed by atoms with Gasteiger partial charge in [0.2, 0.25) is 0 Å². The summed E-state index contributed by atoms with van der Waals surface area (Å²) in [5.74, 6) is 2.34. The van der Waals surface area contributed by atoms with Crippen LogP contribution in [0.2, 0.25) is 0 Å². The Labute approximate surface area is 142 Å². The number of piperidine rings is 1. The Bertz CT molecular complexity index is 474. The molecule has 0 aromatic heterocycles. The lowest BCUT2D eigenvalue weighted by Gasteiger charge is -2.23. The molecule has 0 atom stereocenters.